The van der Waals surface area contributed by atoms with Crippen molar-refractivity contribution >= 4 is 8.32 Å². The molecule has 2 aliphatic carbocycles. The number of aliphatic hydroxyl groups excluding tert-OH is 1. The zero-order chi connectivity index (χ0) is 23.9. The summed E-state index contributed by atoms with van der Waals surface area (Å²) in [7, 11) is -1.85. The molecule has 0 radical (unpaired) electrons. The number of hydrogen-bond donors (Lipinski definition) is 1. The van der Waals surface area contributed by atoms with Crippen molar-refractivity contribution in [1.29, 1.82) is 0 Å². The molecule has 2 aliphatic rings. The third-order valence-electron chi connectivity index (χ3n) is 8.42. The largest absolute Gasteiger partial charge is 0.410 e. The van der Waals surface area contributed by atoms with E-state index in [2.05, 4.69) is 77.8 Å². The van der Waals surface area contributed by atoms with Crippen LogP contribution in [0.2, 0.25) is 18.1 Å². The Morgan fingerprint density at radius 2 is 1.94 bits per heavy atom. The highest BCUT2D eigenvalue weighted by Gasteiger charge is 2.44. The molecule has 32 heavy (non-hydrogen) atoms. The molecule has 1 unspecified atom stereocenters. The fraction of sp³-hybridized carbons (Fsp3) is 0.793. The van der Waals surface area contributed by atoms with Crippen LogP contribution in [0.4, 0.5) is 0 Å². The second kappa shape index (κ2) is 12.0. The van der Waals surface area contributed by atoms with E-state index in [1.165, 1.54) is 19.3 Å². The molecule has 0 bridgehead atoms. The summed E-state index contributed by atoms with van der Waals surface area (Å²) in [5.74, 6) is 9.85. The van der Waals surface area contributed by atoms with E-state index in [-0.39, 0.29) is 11.1 Å². The van der Waals surface area contributed by atoms with Crippen molar-refractivity contribution in [2.45, 2.75) is 111 Å². The van der Waals surface area contributed by atoms with Crippen LogP contribution in [-0.4, -0.2) is 26.1 Å². The predicted octanol–water partition coefficient (Wildman–Crippen LogP) is 7.75. The molecule has 0 heterocycles. The minimum Gasteiger partial charge on any atom is -0.410 e. The average Bonchev–Trinajstić information content (AvgIpc) is 3.22. The van der Waals surface area contributed by atoms with Gasteiger partial charge < -0.3 is 9.53 Å². The minimum atomic E-state index is -1.85. The molecule has 0 spiro atoms. The van der Waals surface area contributed by atoms with Gasteiger partial charge in [0.1, 0.15) is 0 Å². The summed E-state index contributed by atoms with van der Waals surface area (Å²) in [6, 6.07) is 0. The third kappa shape index (κ3) is 7.34. The van der Waals surface area contributed by atoms with Gasteiger partial charge in [0.2, 0.25) is 0 Å². The molecule has 0 aromatic rings. The summed E-state index contributed by atoms with van der Waals surface area (Å²) in [4.78, 5) is 0. The van der Waals surface area contributed by atoms with E-state index in [1.54, 1.807) is 5.57 Å². The summed E-state index contributed by atoms with van der Waals surface area (Å²) in [5, 5.41) is 9.23. The van der Waals surface area contributed by atoms with Gasteiger partial charge in [-0.2, -0.15) is 0 Å². The Morgan fingerprint density at radius 3 is 2.56 bits per heavy atom. The van der Waals surface area contributed by atoms with E-state index >= 15 is 0 Å². The van der Waals surface area contributed by atoms with Gasteiger partial charge in [-0.05, 0) is 93.2 Å². The molecule has 0 amide bonds. The molecule has 3 heteroatoms. The molecule has 0 aliphatic heterocycles. The zero-order valence-corrected chi connectivity index (χ0v) is 23.2. The highest BCUT2D eigenvalue weighted by molar-refractivity contribution is 6.74. The molecule has 0 aromatic carbocycles. The lowest BCUT2D eigenvalue weighted by Gasteiger charge is -2.40. The van der Waals surface area contributed by atoms with E-state index in [0.717, 1.165) is 43.4 Å². The first kappa shape index (κ1) is 27.4. The molecule has 2 saturated carbocycles. The average molecular weight is 459 g/mol. The smallest absolute Gasteiger partial charge is 0.192 e. The molecule has 182 valence electrons. The number of aliphatic hydroxyl groups is 1. The third-order valence-corrected chi connectivity index (χ3v) is 12.9. The highest BCUT2D eigenvalue weighted by Crippen LogP contribution is 2.53. The molecular weight excluding hydrogens is 408 g/mol. The van der Waals surface area contributed by atoms with Crippen LogP contribution in [-0.2, 0) is 4.43 Å². The Morgan fingerprint density at radius 1 is 1.22 bits per heavy atom. The van der Waals surface area contributed by atoms with Crippen LogP contribution >= 0.6 is 0 Å². The SMILES string of the molecule is CC#CCC(C)[C@@H](/C=C/[C@@H]1[C@H]2C/C(=C/CCCCO)C[C@H]2C[C@H]1C)O[Si](C)(C)C(C)(C)C. The summed E-state index contributed by atoms with van der Waals surface area (Å²) in [5.41, 5.74) is 1.67. The molecule has 1 N–H and O–H groups in total. The number of rotatable bonds is 10. The van der Waals surface area contributed by atoms with E-state index < -0.39 is 8.32 Å². The zero-order valence-electron chi connectivity index (χ0n) is 22.2. The lowest BCUT2D eigenvalue weighted by molar-refractivity contribution is 0.169. The van der Waals surface area contributed by atoms with E-state index in [0.29, 0.717) is 18.4 Å². The van der Waals surface area contributed by atoms with Crippen LogP contribution in [0.3, 0.4) is 0 Å². The number of unbranched alkanes of at least 4 members (excludes halogenated alkanes) is 2. The first-order chi connectivity index (χ1) is 15.0. The van der Waals surface area contributed by atoms with Crippen LogP contribution < -0.4 is 0 Å². The second-order valence-corrected chi connectivity index (χ2v) is 16.8. The van der Waals surface area contributed by atoms with E-state index in [4.69, 9.17) is 9.53 Å². The van der Waals surface area contributed by atoms with Gasteiger partial charge in [-0.25, -0.2) is 0 Å². The van der Waals surface area contributed by atoms with Gasteiger partial charge in [0, 0.05) is 13.0 Å². The maximum absolute atomic E-state index is 9.02. The molecule has 2 rings (SSSR count). The topological polar surface area (TPSA) is 29.5 Å². The standard InChI is InChI=1S/C29H50O2Si/c1-9-10-14-22(2)28(31-32(7,8)29(4,5)6)17-16-26-23(3)19-25-20-24(21-27(25)26)15-12-11-13-18-30/h15-17,22-23,25-28,30H,11-14,18-21H2,1-8H3/b17-16+,24-15+/t22?,23-,25-,26+,27+,28-/m1/s1. The maximum Gasteiger partial charge on any atom is 0.192 e. The summed E-state index contributed by atoms with van der Waals surface area (Å²) < 4.78 is 6.92. The van der Waals surface area contributed by atoms with Crippen molar-refractivity contribution < 1.29 is 9.53 Å². The van der Waals surface area contributed by atoms with Crippen molar-refractivity contribution in [3.63, 3.8) is 0 Å². The van der Waals surface area contributed by atoms with Gasteiger partial charge >= 0.3 is 0 Å². The lowest BCUT2D eigenvalue weighted by Crippen LogP contribution is -2.45. The highest BCUT2D eigenvalue weighted by atomic mass is 28.4. The Hall–Kier alpha value is -0.823. The van der Waals surface area contributed by atoms with Crippen molar-refractivity contribution in [3.05, 3.63) is 23.8 Å². The first-order valence-electron chi connectivity index (χ1n) is 13.0. The molecular formula is C29H50O2Si. The van der Waals surface area contributed by atoms with Crippen molar-refractivity contribution in [1.82, 2.24) is 0 Å². The van der Waals surface area contributed by atoms with E-state index in [1.807, 2.05) is 6.92 Å². The van der Waals surface area contributed by atoms with Crippen molar-refractivity contribution in [2.24, 2.45) is 29.6 Å². The normalized spacial score (nSPS) is 29.2. The molecule has 2 nitrogen and oxygen atoms in total. The van der Waals surface area contributed by atoms with Crippen LogP contribution in [0, 0.1) is 41.4 Å². The van der Waals surface area contributed by atoms with Gasteiger partial charge in [0.05, 0.1) is 6.10 Å². The van der Waals surface area contributed by atoms with Crippen LogP contribution in [0.15, 0.2) is 23.8 Å². The maximum atomic E-state index is 9.02. The molecule has 6 atom stereocenters. The number of fused-ring (bicyclic) bond motifs is 1. The molecule has 2 fully saturated rings. The van der Waals surface area contributed by atoms with Gasteiger partial charge in [0.25, 0.3) is 0 Å². The quantitative estimate of drug-likeness (QED) is 0.157. The molecule has 0 aromatic heterocycles. The van der Waals surface area contributed by atoms with Crippen LogP contribution in [0.1, 0.15) is 86.5 Å². The van der Waals surface area contributed by atoms with Crippen molar-refractivity contribution in [3.8, 4) is 11.8 Å². The predicted molar refractivity (Wildman–Crippen MR) is 141 cm³/mol. The first-order valence-corrected chi connectivity index (χ1v) is 16.0. The fourth-order valence-corrected chi connectivity index (χ4v) is 6.69. The minimum absolute atomic E-state index is 0.151. The Labute approximate surface area is 200 Å². The van der Waals surface area contributed by atoms with Gasteiger partial charge in [-0.1, -0.05) is 58.4 Å². The van der Waals surface area contributed by atoms with Crippen LogP contribution in [0.5, 0.6) is 0 Å². The number of allylic oxidation sites excluding steroid dienone is 3. The second-order valence-electron chi connectivity index (χ2n) is 12.0. The van der Waals surface area contributed by atoms with Gasteiger partial charge in [-0.3, -0.25) is 0 Å². The molecule has 0 saturated heterocycles. The Kier molecular flexibility index (Phi) is 10.3. The lowest BCUT2D eigenvalue weighted by atomic mass is 9.86. The van der Waals surface area contributed by atoms with Gasteiger partial charge in [-0.15, -0.1) is 11.8 Å². The monoisotopic (exact) mass is 458 g/mol. The number of hydrogen-bond acceptors (Lipinski definition) is 2. The van der Waals surface area contributed by atoms with Crippen LogP contribution in [0.25, 0.3) is 0 Å². The van der Waals surface area contributed by atoms with E-state index in [9.17, 15) is 0 Å². The Balaban J connectivity index is 2.12. The summed E-state index contributed by atoms with van der Waals surface area (Å²) in [6.45, 7) is 18.7. The fourth-order valence-electron chi connectivity index (χ4n) is 5.35. The summed E-state index contributed by atoms with van der Waals surface area (Å²) in [6.07, 6.45) is 15.6. The van der Waals surface area contributed by atoms with Gasteiger partial charge in [0.15, 0.2) is 8.32 Å². The van der Waals surface area contributed by atoms with Crippen molar-refractivity contribution in [2.75, 3.05) is 6.61 Å². The summed E-state index contributed by atoms with van der Waals surface area (Å²) >= 11 is 0. The Bertz CT molecular complexity index is 703.